The zero-order valence-electron chi connectivity index (χ0n) is 15.1. The normalized spacial score (nSPS) is 27.8. The first-order chi connectivity index (χ1) is 13.1. The van der Waals surface area contributed by atoms with Crippen LogP contribution < -0.4 is 16.2 Å². The second kappa shape index (κ2) is 7.75. The molecule has 0 bridgehead atoms. The molecule has 4 atom stereocenters. The van der Waals surface area contributed by atoms with Crippen molar-refractivity contribution in [2.45, 2.75) is 25.4 Å². The van der Waals surface area contributed by atoms with Crippen molar-refractivity contribution in [3.05, 3.63) is 53.2 Å². The van der Waals surface area contributed by atoms with Crippen molar-refractivity contribution >= 4 is 5.91 Å². The maximum atomic E-state index is 14.2. The van der Waals surface area contributed by atoms with Crippen molar-refractivity contribution in [1.82, 2.24) is 21.3 Å². The molecule has 0 spiro atoms. The van der Waals surface area contributed by atoms with Gasteiger partial charge in [-0.25, -0.2) is 9.82 Å². The van der Waals surface area contributed by atoms with Crippen LogP contribution in [0.25, 0.3) is 0 Å². The highest BCUT2D eigenvalue weighted by Crippen LogP contribution is 2.28. The minimum Gasteiger partial charge on any atom is -0.379 e. The number of nitrogens with one attached hydrogen (secondary N) is 3. The van der Waals surface area contributed by atoms with Crippen LogP contribution in [0.3, 0.4) is 0 Å². The van der Waals surface area contributed by atoms with Crippen molar-refractivity contribution in [3.8, 4) is 0 Å². The first-order valence-electron chi connectivity index (χ1n) is 9.15. The van der Waals surface area contributed by atoms with Crippen LogP contribution in [0, 0.1) is 24.6 Å². The Morgan fingerprint density at radius 2 is 2.22 bits per heavy atom. The number of aromatic nitrogens is 1. The van der Waals surface area contributed by atoms with Crippen LogP contribution in [0.4, 0.5) is 4.39 Å². The lowest BCUT2D eigenvalue weighted by Gasteiger charge is -2.23. The number of hydrazine groups is 1. The van der Waals surface area contributed by atoms with Crippen molar-refractivity contribution in [1.29, 1.82) is 0 Å². The number of halogens is 1. The highest BCUT2D eigenvalue weighted by Gasteiger charge is 2.38. The largest absolute Gasteiger partial charge is 0.379 e. The third kappa shape index (κ3) is 3.87. The number of ether oxygens (including phenoxy) is 1. The molecule has 4 rings (SSSR count). The summed E-state index contributed by atoms with van der Waals surface area (Å²) in [5.41, 5.74) is 7.31. The molecule has 1 amide bonds. The number of aryl methyl sites for hydroxylation is 1. The Hall–Kier alpha value is -2.29. The van der Waals surface area contributed by atoms with Crippen LogP contribution >= 0.6 is 0 Å². The van der Waals surface area contributed by atoms with E-state index in [-0.39, 0.29) is 23.7 Å². The molecule has 8 heteroatoms. The van der Waals surface area contributed by atoms with Gasteiger partial charge in [0, 0.05) is 30.5 Å². The number of benzene rings is 1. The fraction of sp³-hybridized carbons (Fsp3) is 0.474. The predicted octanol–water partition coefficient (Wildman–Crippen LogP) is 1.26. The molecule has 2 aromatic rings. The van der Waals surface area contributed by atoms with Crippen LogP contribution in [0.2, 0.25) is 0 Å². The molecule has 27 heavy (non-hydrogen) atoms. The molecule has 7 nitrogen and oxygen atoms in total. The second-order valence-electron chi connectivity index (χ2n) is 7.18. The van der Waals surface area contributed by atoms with Crippen molar-refractivity contribution < 1.29 is 18.4 Å². The summed E-state index contributed by atoms with van der Waals surface area (Å²) >= 11 is 0. The Kier molecular flexibility index (Phi) is 5.20. The molecule has 2 saturated heterocycles. The van der Waals surface area contributed by atoms with E-state index in [2.05, 4.69) is 21.3 Å². The number of carbonyl (C=O) groups is 1. The van der Waals surface area contributed by atoms with Gasteiger partial charge in [0.25, 0.3) is 0 Å². The van der Waals surface area contributed by atoms with Gasteiger partial charge >= 0.3 is 0 Å². The minimum absolute atomic E-state index is 0.107. The van der Waals surface area contributed by atoms with Gasteiger partial charge in [0.15, 0.2) is 0 Å². The number of hydrogen-bond acceptors (Lipinski definition) is 6. The summed E-state index contributed by atoms with van der Waals surface area (Å²) in [7, 11) is 0. The Bertz CT molecular complexity index is 812. The fourth-order valence-electron chi connectivity index (χ4n) is 3.78. The van der Waals surface area contributed by atoms with E-state index in [1.807, 2.05) is 13.0 Å². The lowest BCUT2D eigenvalue weighted by Crippen LogP contribution is -2.45. The quantitative estimate of drug-likeness (QED) is 0.730. The molecule has 3 heterocycles. The Morgan fingerprint density at radius 1 is 1.37 bits per heavy atom. The van der Waals surface area contributed by atoms with Gasteiger partial charge in [-0.2, -0.15) is 0 Å². The van der Waals surface area contributed by atoms with Crippen LogP contribution in [0.15, 0.2) is 34.9 Å². The van der Waals surface area contributed by atoms with Crippen molar-refractivity contribution in [2.24, 2.45) is 11.8 Å². The smallest absolute Gasteiger partial charge is 0.226 e. The van der Waals surface area contributed by atoms with Gasteiger partial charge in [0.05, 0.1) is 36.9 Å². The van der Waals surface area contributed by atoms with Gasteiger partial charge < -0.3 is 14.6 Å². The number of carbonyl (C=O) groups excluding carboxylic acids is 1. The standard InChI is InChI=1S/C19H23FN4O3/c1-11-6-13(27-24-11)7-12-9-26-10-17(12)22-19(25)15-8-21-23-18(15)14-4-2-3-5-16(14)20/h2-6,12,15,17-18,21,23H,7-10H2,1H3,(H,22,25)/t12-,15?,17+,18?/m1/s1. The maximum Gasteiger partial charge on any atom is 0.226 e. The van der Waals surface area contributed by atoms with Crippen LogP contribution in [0.5, 0.6) is 0 Å². The third-order valence-electron chi connectivity index (χ3n) is 5.23. The highest BCUT2D eigenvalue weighted by molar-refractivity contribution is 5.80. The van der Waals surface area contributed by atoms with E-state index in [0.717, 1.165) is 11.5 Å². The zero-order valence-corrected chi connectivity index (χ0v) is 15.1. The fourth-order valence-corrected chi connectivity index (χ4v) is 3.78. The van der Waals surface area contributed by atoms with E-state index < -0.39 is 12.0 Å². The highest BCUT2D eigenvalue weighted by atomic mass is 19.1. The molecule has 144 valence electrons. The summed E-state index contributed by atoms with van der Waals surface area (Å²) in [6, 6.07) is 7.90. The topological polar surface area (TPSA) is 88.4 Å². The lowest BCUT2D eigenvalue weighted by molar-refractivity contribution is -0.125. The van der Waals surface area contributed by atoms with Gasteiger partial charge in [0.1, 0.15) is 11.6 Å². The summed E-state index contributed by atoms with van der Waals surface area (Å²) in [6.07, 6.45) is 0.656. The third-order valence-corrected chi connectivity index (χ3v) is 5.23. The zero-order chi connectivity index (χ0) is 18.8. The first-order valence-corrected chi connectivity index (χ1v) is 9.15. The van der Waals surface area contributed by atoms with Crippen LogP contribution in [-0.2, 0) is 16.0 Å². The van der Waals surface area contributed by atoms with Crippen LogP contribution in [-0.4, -0.2) is 36.9 Å². The van der Waals surface area contributed by atoms with Gasteiger partial charge in [-0.05, 0) is 13.0 Å². The average Bonchev–Trinajstić information content (AvgIpc) is 3.38. The van der Waals surface area contributed by atoms with E-state index in [1.54, 1.807) is 18.2 Å². The van der Waals surface area contributed by atoms with E-state index >= 15 is 0 Å². The lowest BCUT2D eigenvalue weighted by atomic mass is 9.92. The number of nitrogens with zero attached hydrogens (tertiary/aromatic N) is 1. The second-order valence-corrected chi connectivity index (χ2v) is 7.18. The molecule has 1 aromatic heterocycles. The van der Waals surface area contributed by atoms with Gasteiger partial charge in [-0.1, -0.05) is 23.4 Å². The number of hydrogen-bond donors (Lipinski definition) is 3. The Morgan fingerprint density at radius 3 is 3.00 bits per heavy atom. The maximum absolute atomic E-state index is 14.2. The van der Waals surface area contributed by atoms with Gasteiger partial charge in [-0.3, -0.25) is 10.2 Å². The van der Waals surface area contributed by atoms with E-state index in [9.17, 15) is 9.18 Å². The summed E-state index contributed by atoms with van der Waals surface area (Å²) in [5, 5.41) is 6.99. The summed E-state index contributed by atoms with van der Waals surface area (Å²) in [6.45, 7) is 3.33. The Labute approximate surface area is 156 Å². The van der Waals surface area contributed by atoms with Crippen LogP contribution in [0.1, 0.15) is 23.1 Å². The van der Waals surface area contributed by atoms with E-state index in [4.69, 9.17) is 9.26 Å². The molecule has 3 N–H and O–H groups in total. The van der Waals surface area contributed by atoms with E-state index in [1.165, 1.54) is 6.07 Å². The molecule has 0 radical (unpaired) electrons. The van der Waals surface area contributed by atoms with Crippen molar-refractivity contribution in [2.75, 3.05) is 19.8 Å². The number of rotatable bonds is 5. The summed E-state index contributed by atoms with van der Waals surface area (Å²) < 4.78 is 25.0. The van der Waals surface area contributed by atoms with Gasteiger partial charge in [-0.15, -0.1) is 0 Å². The monoisotopic (exact) mass is 374 g/mol. The number of amides is 1. The minimum atomic E-state index is -0.413. The molecule has 2 aliphatic rings. The first kappa shape index (κ1) is 18.1. The molecule has 1 aromatic carbocycles. The van der Waals surface area contributed by atoms with Gasteiger partial charge in [0.2, 0.25) is 5.91 Å². The summed E-state index contributed by atoms with van der Waals surface area (Å²) in [5.74, 6) is 0.0659. The Balaban J connectivity index is 1.42. The SMILES string of the molecule is Cc1cc(C[C@@H]2COC[C@@H]2NC(=O)C2CNNC2c2ccccc2F)on1. The van der Waals surface area contributed by atoms with E-state index in [0.29, 0.717) is 31.7 Å². The molecule has 2 aliphatic heterocycles. The molecule has 2 unspecified atom stereocenters. The predicted molar refractivity (Wildman–Crippen MR) is 95.0 cm³/mol. The average molecular weight is 374 g/mol. The molecular weight excluding hydrogens is 351 g/mol. The summed E-state index contributed by atoms with van der Waals surface area (Å²) in [4.78, 5) is 12.9. The molecule has 2 fully saturated rings. The molecule has 0 saturated carbocycles. The molecular formula is C19H23FN4O3. The van der Waals surface area contributed by atoms with Crippen molar-refractivity contribution in [3.63, 3.8) is 0 Å². The molecule has 0 aliphatic carbocycles.